The normalized spacial score (nSPS) is 14.9. The van der Waals surface area contributed by atoms with Gasteiger partial charge in [0.05, 0.1) is 7.11 Å². The molecule has 2 atom stereocenters. The fourth-order valence-electron chi connectivity index (χ4n) is 1.72. The van der Waals surface area contributed by atoms with Crippen LogP contribution in [0.3, 0.4) is 0 Å². The lowest BCUT2D eigenvalue weighted by atomic mass is 9.91. The Morgan fingerprint density at radius 3 is 2.35 bits per heavy atom. The lowest BCUT2D eigenvalue weighted by Gasteiger charge is -2.29. The molecule has 0 radical (unpaired) electrons. The lowest BCUT2D eigenvalue weighted by Crippen LogP contribution is -2.53. The summed E-state index contributed by atoms with van der Waals surface area (Å²) in [7, 11) is 1.21. The number of carbonyl (C=O) groups excluding carboxylic acids is 1. The third-order valence-electron chi connectivity index (χ3n) is 3.01. The predicted molar refractivity (Wildman–Crippen MR) is 72.2 cm³/mol. The summed E-state index contributed by atoms with van der Waals surface area (Å²) >= 11 is 0. The Hall–Kier alpha value is -2.34. The molecule has 6 heteroatoms. The summed E-state index contributed by atoms with van der Waals surface area (Å²) in [6.45, 7) is 4.90. The first-order valence-electron chi connectivity index (χ1n) is 5.86. The number of hydrogen-bond acceptors (Lipinski definition) is 5. The van der Waals surface area contributed by atoms with Gasteiger partial charge in [-0.05, 0) is 24.6 Å². The second-order valence-electron chi connectivity index (χ2n) is 4.36. The largest absolute Gasteiger partial charge is 0.508 e. The van der Waals surface area contributed by atoms with Gasteiger partial charge in [0.25, 0.3) is 0 Å². The summed E-state index contributed by atoms with van der Waals surface area (Å²) in [5.41, 5.74) is -1.14. The maximum absolute atomic E-state index is 11.6. The molecule has 0 aliphatic heterocycles. The number of phenols is 1. The average molecular weight is 279 g/mol. The molecule has 1 aromatic rings. The Morgan fingerprint density at radius 1 is 1.40 bits per heavy atom. The average Bonchev–Trinajstić information content (AvgIpc) is 2.44. The summed E-state index contributed by atoms with van der Waals surface area (Å²) in [6.07, 6.45) is 1.27. The summed E-state index contributed by atoms with van der Waals surface area (Å²) in [5.74, 6) is -1.78. The van der Waals surface area contributed by atoms with Crippen molar-refractivity contribution >= 4 is 11.9 Å². The van der Waals surface area contributed by atoms with Crippen molar-refractivity contribution in [1.82, 2.24) is 5.32 Å². The van der Waals surface area contributed by atoms with E-state index in [4.69, 9.17) is 0 Å². The number of esters is 1. The number of ether oxygens (including phenoxy) is 1. The summed E-state index contributed by atoms with van der Waals surface area (Å²) in [4.78, 5) is 23.1. The highest BCUT2D eigenvalue weighted by atomic mass is 16.5. The molecule has 0 saturated heterocycles. The quantitative estimate of drug-likeness (QED) is 0.531. The van der Waals surface area contributed by atoms with Crippen molar-refractivity contribution in [2.24, 2.45) is 0 Å². The van der Waals surface area contributed by atoms with Crippen molar-refractivity contribution in [1.29, 1.82) is 0 Å². The highest BCUT2D eigenvalue weighted by Gasteiger charge is 2.38. The molecule has 0 aliphatic carbocycles. The molecule has 0 fully saturated rings. The fraction of sp³-hybridized carbons (Fsp3) is 0.286. The number of nitrogens with one attached hydrogen (secondary N) is 1. The molecule has 20 heavy (non-hydrogen) atoms. The molecule has 0 spiro atoms. The Morgan fingerprint density at radius 2 is 1.95 bits per heavy atom. The van der Waals surface area contributed by atoms with Crippen LogP contribution < -0.4 is 5.32 Å². The van der Waals surface area contributed by atoms with E-state index in [2.05, 4.69) is 16.6 Å². The van der Waals surface area contributed by atoms with Gasteiger partial charge in [-0.2, -0.15) is 0 Å². The van der Waals surface area contributed by atoms with Crippen LogP contribution in [0.4, 0.5) is 0 Å². The molecule has 0 bridgehead atoms. The zero-order valence-corrected chi connectivity index (χ0v) is 11.3. The van der Waals surface area contributed by atoms with Gasteiger partial charge < -0.3 is 14.9 Å². The SMILES string of the molecule is C=CC(NC(C)(C(=O)O)c1ccc(O)cc1)C(=O)OC. The molecule has 0 aliphatic rings. The maximum atomic E-state index is 11.6. The van der Waals surface area contributed by atoms with E-state index in [1.54, 1.807) is 0 Å². The molecule has 3 N–H and O–H groups in total. The molecular weight excluding hydrogens is 262 g/mol. The van der Waals surface area contributed by atoms with Crippen molar-refractivity contribution in [3.05, 3.63) is 42.5 Å². The van der Waals surface area contributed by atoms with Crippen LogP contribution >= 0.6 is 0 Å². The highest BCUT2D eigenvalue weighted by molar-refractivity contribution is 5.83. The number of methoxy groups -OCH3 is 1. The molecule has 2 unspecified atom stereocenters. The van der Waals surface area contributed by atoms with E-state index in [1.165, 1.54) is 44.4 Å². The monoisotopic (exact) mass is 279 g/mol. The molecule has 0 amide bonds. The number of rotatable bonds is 6. The fourth-order valence-corrected chi connectivity index (χ4v) is 1.72. The van der Waals surface area contributed by atoms with Crippen molar-refractivity contribution in [2.75, 3.05) is 7.11 Å². The standard InChI is InChI=1S/C14H17NO5/c1-4-11(12(17)20-3)15-14(2,13(18)19)9-5-7-10(16)8-6-9/h4-8,11,15-16H,1H2,2-3H3,(H,18,19). The van der Waals surface area contributed by atoms with Gasteiger partial charge in [0.1, 0.15) is 17.3 Å². The van der Waals surface area contributed by atoms with Crippen LogP contribution in [0.15, 0.2) is 36.9 Å². The Balaban J connectivity index is 3.15. The van der Waals surface area contributed by atoms with Gasteiger partial charge in [0.15, 0.2) is 0 Å². The van der Waals surface area contributed by atoms with Crippen LogP contribution in [0, 0.1) is 0 Å². The number of benzene rings is 1. The minimum atomic E-state index is -1.53. The Bertz CT molecular complexity index is 511. The number of carboxylic acid groups (broad SMARTS) is 1. The molecule has 6 nitrogen and oxygen atoms in total. The smallest absolute Gasteiger partial charge is 0.328 e. The summed E-state index contributed by atoms with van der Waals surface area (Å²) < 4.78 is 4.58. The molecule has 1 rings (SSSR count). The van der Waals surface area contributed by atoms with Gasteiger partial charge in [-0.25, -0.2) is 4.79 Å². The van der Waals surface area contributed by atoms with Gasteiger partial charge in [0, 0.05) is 0 Å². The van der Waals surface area contributed by atoms with E-state index in [0.29, 0.717) is 5.56 Å². The third kappa shape index (κ3) is 3.16. The van der Waals surface area contributed by atoms with E-state index in [0.717, 1.165) is 0 Å². The van der Waals surface area contributed by atoms with Crippen LogP contribution in [-0.4, -0.2) is 35.3 Å². The van der Waals surface area contributed by atoms with Crippen molar-refractivity contribution in [3.8, 4) is 5.75 Å². The van der Waals surface area contributed by atoms with Crippen LogP contribution in [0.25, 0.3) is 0 Å². The second-order valence-corrected chi connectivity index (χ2v) is 4.36. The van der Waals surface area contributed by atoms with E-state index in [-0.39, 0.29) is 5.75 Å². The molecule has 1 aromatic carbocycles. The highest BCUT2D eigenvalue weighted by Crippen LogP contribution is 2.24. The van der Waals surface area contributed by atoms with E-state index >= 15 is 0 Å². The molecule has 0 saturated carbocycles. The van der Waals surface area contributed by atoms with Crippen LogP contribution in [0.1, 0.15) is 12.5 Å². The number of carboxylic acids is 1. The van der Waals surface area contributed by atoms with Crippen LogP contribution in [0.2, 0.25) is 0 Å². The summed E-state index contributed by atoms with van der Waals surface area (Å²) in [6, 6.07) is 4.72. The number of carbonyl (C=O) groups is 2. The zero-order valence-electron chi connectivity index (χ0n) is 11.3. The second kappa shape index (κ2) is 6.21. The van der Waals surface area contributed by atoms with Gasteiger partial charge in [-0.1, -0.05) is 18.2 Å². The number of aliphatic carboxylic acids is 1. The van der Waals surface area contributed by atoms with Crippen molar-refractivity contribution in [2.45, 2.75) is 18.5 Å². The predicted octanol–water partition coefficient (Wildman–Crippen LogP) is 1.01. The van der Waals surface area contributed by atoms with Gasteiger partial charge in [-0.15, -0.1) is 6.58 Å². The van der Waals surface area contributed by atoms with Crippen LogP contribution in [0.5, 0.6) is 5.75 Å². The van der Waals surface area contributed by atoms with Gasteiger partial charge in [0.2, 0.25) is 0 Å². The van der Waals surface area contributed by atoms with E-state index in [1.807, 2.05) is 0 Å². The number of hydrogen-bond donors (Lipinski definition) is 3. The Labute approximate surface area is 116 Å². The topological polar surface area (TPSA) is 95.9 Å². The van der Waals surface area contributed by atoms with E-state index in [9.17, 15) is 19.8 Å². The van der Waals surface area contributed by atoms with Crippen molar-refractivity contribution < 1.29 is 24.5 Å². The first kappa shape index (κ1) is 15.7. The molecule has 0 heterocycles. The summed E-state index contributed by atoms with van der Waals surface area (Å²) in [5, 5.41) is 21.4. The van der Waals surface area contributed by atoms with Gasteiger partial charge in [-0.3, -0.25) is 10.1 Å². The van der Waals surface area contributed by atoms with E-state index < -0.39 is 23.5 Å². The number of phenolic OH excluding ortho intramolecular Hbond substituents is 1. The first-order chi connectivity index (χ1) is 9.35. The third-order valence-corrected chi connectivity index (χ3v) is 3.01. The number of aromatic hydroxyl groups is 1. The molecular formula is C14H17NO5. The Kier molecular flexibility index (Phi) is 4.88. The zero-order chi connectivity index (χ0) is 15.3. The molecule has 108 valence electrons. The maximum Gasteiger partial charge on any atom is 0.328 e. The van der Waals surface area contributed by atoms with Gasteiger partial charge >= 0.3 is 11.9 Å². The molecule has 0 aromatic heterocycles. The first-order valence-corrected chi connectivity index (χ1v) is 5.86. The lowest BCUT2D eigenvalue weighted by molar-refractivity contribution is -0.147. The minimum Gasteiger partial charge on any atom is -0.508 e. The minimum absolute atomic E-state index is 0.0229. The van der Waals surface area contributed by atoms with Crippen molar-refractivity contribution in [3.63, 3.8) is 0 Å². The van der Waals surface area contributed by atoms with Crippen LogP contribution in [-0.2, 0) is 19.9 Å².